The highest BCUT2D eigenvalue weighted by Gasteiger charge is 2.78. The maximum atomic E-state index is 15.2. The number of esters is 1. The molecule has 3 aromatic rings. The van der Waals surface area contributed by atoms with Crippen molar-refractivity contribution in [2.24, 2.45) is 17.2 Å². The van der Waals surface area contributed by atoms with Crippen molar-refractivity contribution < 1.29 is 34.4 Å². The number of hydrogen-bond acceptors (Lipinski definition) is 11. The lowest BCUT2D eigenvalue weighted by molar-refractivity contribution is -0.199. The zero-order valence-corrected chi connectivity index (χ0v) is 32.4. The fraction of sp³-hybridized carbons (Fsp3) is 0.571. The van der Waals surface area contributed by atoms with E-state index >= 15 is 4.79 Å². The third-order valence-corrected chi connectivity index (χ3v) is 14.9. The Hall–Kier alpha value is -3.98. The molecule has 0 radical (unpaired) electrons. The summed E-state index contributed by atoms with van der Waals surface area (Å²) in [6.07, 6.45) is 5.16. The van der Waals surface area contributed by atoms with E-state index in [0.29, 0.717) is 69.6 Å². The molecule has 3 fully saturated rings. The fourth-order valence-corrected chi connectivity index (χ4v) is 12.9. The number of piperidine rings is 1. The van der Waals surface area contributed by atoms with Crippen molar-refractivity contribution in [2.45, 2.75) is 86.2 Å². The van der Waals surface area contributed by atoms with Crippen molar-refractivity contribution in [3.63, 3.8) is 0 Å². The maximum Gasteiger partial charge on any atom is 0.322 e. The number of benzene rings is 2. The number of aliphatic hydroxyl groups excluding tert-OH is 1. The number of aliphatic hydroxyl groups is 3. The Bertz CT molecular complexity index is 2120. The number of fused-ring (bicyclic) bond motifs is 6. The number of ether oxygens (including phenoxy) is 2. The summed E-state index contributed by atoms with van der Waals surface area (Å²) in [7, 11) is 4.87. The molecule has 6 heterocycles. The molecule has 2 aromatic carbocycles. The van der Waals surface area contributed by atoms with Gasteiger partial charge in [0.15, 0.2) is 5.60 Å². The van der Waals surface area contributed by atoms with Gasteiger partial charge in [0.25, 0.3) is 5.91 Å². The van der Waals surface area contributed by atoms with E-state index in [1.165, 1.54) is 7.11 Å². The van der Waals surface area contributed by atoms with Gasteiger partial charge in [0, 0.05) is 84.0 Å². The first-order valence-electron chi connectivity index (χ1n) is 19.7. The quantitative estimate of drug-likeness (QED) is 0.0737. The Kier molecular flexibility index (Phi) is 8.17. The van der Waals surface area contributed by atoms with E-state index in [2.05, 4.69) is 32.3 Å². The van der Waals surface area contributed by atoms with Gasteiger partial charge in [-0.2, -0.15) is 0 Å². The van der Waals surface area contributed by atoms with Crippen LogP contribution in [0.3, 0.4) is 0 Å². The van der Waals surface area contributed by atoms with Crippen molar-refractivity contribution >= 4 is 28.5 Å². The molecule has 13 nitrogen and oxygen atoms in total. The van der Waals surface area contributed by atoms with Crippen LogP contribution in [-0.4, -0.2) is 125 Å². The molecule has 10 atom stereocenters. The summed E-state index contributed by atoms with van der Waals surface area (Å²) in [6.45, 7) is 7.27. The van der Waals surface area contributed by atoms with Crippen LogP contribution in [0.2, 0.25) is 0 Å². The lowest BCUT2D eigenvalue weighted by Gasteiger charge is -2.62. The predicted octanol–water partition coefficient (Wildman–Crippen LogP) is 1.85. The number of amides is 1. The van der Waals surface area contributed by atoms with Crippen LogP contribution in [0.1, 0.15) is 61.9 Å². The van der Waals surface area contributed by atoms with Gasteiger partial charge in [-0.1, -0.05) is 44.2 Å². The molecular weight excluding hydrogens is 700 g/mol. The maximum absolute atomic E-state index is 15.2. The largest absolute Gasteiger partial charge is 0.496 e. The summed E-state index contributed by atoms with van der Waals surface area (Å²) >= 11 is 0. The highest BCUT2D eigenvalue weighted by atomic mass is 16.5. The third kappa shape index (κ3) is 4.56. The minimum absolute atomic E-state index is 0.0846. The first kappa shape index (κ1) is 36.6. The molecule has 7 N–H and O–H groups in total. The lowest BCUT2D eigenvalue weighted by Crippen LogP contribution is -2.81. The number of nitrogens with two attached hydrogens (primary N) is 1. The zero-order valence-electron chi connectivity index (χ0n) is 32.4. The number of nitrogens with zero attached hydrogens (tertiary/aromatic N) is 3. The highest BCUT2D eigenvalue weighted by molar-refractivity contribution is 5.95. The topological polar surface area (TPSA) is 177 Å². The minimum atomic E-state index is -2.31. The van der Waals surface area contributed by atoms with Crippen LogP contribution in [0.15, 0.2) is 48.6 Å². The minimum Gasteiger partial charge on any atom is -0.496 e. The number of nitrogens with one attached hydrogen (secondary N) is 2. The van der Waals surface area contributed by atoms with Crippen LogP contribution in [0.4, 0.5) is 5.69 Å². The number of aromatic amines is 1. The van der Waals surface area contributed by atoms with Crippen molar-refractivity contribution in [3.05, 3.63) is 70.9 Å². The summed E-state index contributed by atoms with van der Waals surface area (Å²) in [5.41, 5.74) is 0.587. The number of para-hydroxylation sites is 1. The van der Waals surface area contributed by atoms with Gasteiger partial charge in [0.2, 0.25) is 0 Å². The van der Waals surface area contributed by atoms with Crippen LogP contribution in [0.5, 0.6) is 5.75 Å². The number of carbonyl (C=O) groups excluding carboxylic acids is 2. The van der Waals surface area contributed by atoms with Crippen molar-refractivity contribution in [1.29, 1.82) is 0 Å². The monoisotopic (exact) mass is 754 g/mol. The molecule has 1 amide bonds. The molecule has 1 unspecified atom stereocenters. The van der Waals surface area contributed by atoms with Gasteiger partial charge >= 0.3 is 5.97 Å². The molecule has 1 spiro atoms. The normalized spacial score (nSPS) is 38.9. The average molecular weight is 755 g/mol. The van der Waals surface area contributed by atoms with Gasteiger partial charge < -0.3 is 34.7 Å². The Labute approximate surface area is 321 Å². The molecular formula is C42H54N6O7. The first-order chi connectivity index (χ1) is 26.3. The van der Waals surface area contributed by atoms with Crippen molar-refractivity contribution in [2.75, 3.05) is 58.9 Å². The lowest BCUT2D eigenvalue weighted by atomic mass is 9.48. The number of hydrazine groups is 1. The second-order valence-corrected chi connectivity index (χ2v) is 17.5. The second kappa shape index (κ2) is 12.3. The van der Waals surface area contributed by atoms with E-state index < -0.39 is 51.5 Å². The summed E-state index contributed by atoms with van der Waals surface area (Å²) in [5, 5.41) is 37.9. The number of carbonyl (C=O) groups is 2. The molecule has 2 saturated heterocycles. The number of anilines is 1. The standard InChI is InChI=1S/C42H54N6O7/c1-6-39(52)20-24-21-41(37(51)55-5,32-26(12-16-47(22-24)23-39)25-10-7-8-11-29(25)44-32)28-18-27-30(19-31(28)54-4)46(3)34-40(27)14-17-48-15-9-13-38(2,33(40)48)35(49)42(34,53)36(50)45-43/h7-11,13,18-19,24,33-35,44,49,52-53H,6,12,14-17,20-23,43H2,1-5H3,(H,45,50)/t24-,33-,34+,35+,38+,39-,40+,41-,42-/m0/s1. The van der Waals surface area contributed by atoms with Crippen LogP contribution in [-0.2, 0) is 31.6 Å². The van der Waals surface area contributed by atoms with Gasteiger partial charge in [-0.15, -0.1) is 0 Å². The summed E-state index contributed by atoms with van der Waals surface area (Å²) in [4.78, 5) is 39.4. The fourth-order valence-electron chi connectivity index (χ4n) is 12.9. The average Bonchev–Trinajstić information content (AvgIpc) is 3.85. The van der Waals surface area contributed by atoms with Gasteiger partial charge in [-0.25, -0.2) is 5.84 Å². The van der Waals surface area contributed by atoms with E-state index in [-0.39, 0.29) is 12.0 Å². The van der Waals surface area contributed by atoms with Gasteiger partial charge in [0.05, 0.1) is 25.9 Å². The number of H-pyrrole nitrogens is 1. The molecule has 5 aliphatic heterocycles. The van der Waals surface area contributed by atoms with E-state index in [4.69, 9.17) is 15.3 Å². The summed E-state index contributed by atoms with van der Waals surface area (Å²) < 4.78 is 12.2. The molecule has 13 heteroatoms. The third-order valence-electron chi connectivity index (χ3n) is 14.9. The van der Waals surface area contributed by atoms with Crippen molar-refractivity contribution in [1.82, 2.24) is 20.2 Å². The Morgan fingerprint density at radius 2 is 1.87 bits per heavy atom. The number of rotatable bonds is 5. The number of likely N-dealkylation sites (N-methyl/N-ethyl adjacent to an activating group) is 1. The molecule has 1 saturated carbocycles. The highest BCUT2D eigenvalue weighted by Crippen LogP contribution is 2.67. The second-order valence-electron chi connectivity index (χ2n) is 17.5. The van der Waals surface area contributed by atoms with Crippen molar-refractivity contribution in [3.8, 4) is 5.75 Å². The molecule has 294 valence electrons. The van der Waals surface area contributed by atoms with E-state index in [1.807, 2.05) is 62.2 Å². The first-order valence-corrected chi connectivity index (χ1v) is 19.7. The Morgan fingerprint density at radius 1 is 1.09 bits per heavy atom. The van der Waals surface area contributed by atoms with Crippen LogP contribution < -0.4 is 20.9 Å². The van der Waals surface area contributed by atoms with Crippen LogP contribution >= 0.6 is 0 Å². The Morgan fingerprint density at radius 3 is 2.60 bits per heavy atom. The Balaban J connectivity index is 1.36. The van der Waals surface area contributed by atoms with E-state index in [9.17, 15) is 20.1 Å². The molecule has 2 bridgehead atoms. The van der Waals surface area contributed by atoms with Gasteiger partial charge in [-0.3, -0.25) is 24.8 Å². The smallest absolute Gasteiger partial charge is 0.322 e. The van der Waals surface area contributed by atoms with E-state index in [0.717, 1.165) is 40.0 Å². The van der Waals surface area contributed by atoms with E-state index in [1.54, 1.807) is 7.11 Å². The van der Waals surface area contributed by atoms with Crippen LogP contribution in [0.25, 0.3) is 10.9 Å². The summed E-state index contributed by atoms with van der Waals surface area (Å²) in [6, 6.07) is 10.9. The zero-order chi connectivity index (χ0) is 38.9. The number of aromatic nitrogens is 1. The molecule has 55 heavy (non-hydrogen) atoms. The molecule has 6 aliphatic rings. The number of hydrogen-bond donors (Lipinski definition) is 6. The molecule has 9 rings (SSSR count). The predicted molar refractivity (Wildman–Crippen MR) is 207 cm³/mol. The van der Waals surface area contributed by atoms with Crippen LogP contribution in [0, 0.1) is 11.3 Å². The summed E-state index contributed by atoms with van der Waals surface area (Å²) in [5.74, 6) is 4.88. The number of methoxy groups -OCH3 is 2. The molecule has 1 aromatic heterocycles. The SMILES string of the molecule is CC[C@]1(O)C[C@@H]2CN(CCc3c([nH]c4ccccc34)[C@@](C(=O)OC)(c3cc4c(cc3OC)N(C)[C@H]3[C@@](O)(C(=O)NN)[C@H](O)[C@]5(C)C=CCN6CC[C@]43[C@@H]65)C2)C1. The van der Waals surface area contributed by atoms with Gasteiger partial charge in [0.1, 0.15) is 17.3 Å². The van der Waals surface area contributed by atoms with Gasteiger partial charge in [-0.05, 0) is 67.8 Å². The molecule has 1 aliphatic carbocycles.